The fourth-order valence-corrected chi connectivity index (χ4v) is 8.35. The summed E-state index contributed by atoms with van der Waals surface area (Å²) in [5.74, 6) is 2.33. The predicted molar refractivity (Wildman–Crippen MR) is 123 cm³/mol. The van der Waals surface area contributed by atoms with E-state index in [-0.39, 0.29) is 17.4 Å². The topological polar surface area (TPSA) is 68.1 Å². The van der Waals surface area contributed by atoms with Crippen molar-refractivity contribution >= 4 is 9.84 Å². The summed E-state index contributed by atoms with van der Waals surface area (Å²) in [5.41, 5.74) is -0.0805. The first-order chi connectivity index (χ1) is 15.9. The molecule has 0 radical (unpaired) electrons. The molecule has 1 aromatic heterocycles. The lowest BCUT2D eigenvalue weighted by Crippen LogP contribution is -2.55. The van der Waals surface area contributed by atoms with Crippen LogP contribution in [-0.2, 0) is 16.0 Å². The molecule has 186 valence electrons. The smallest absolute Gasteiger partial charge is 0.300 e. The lowest BCUT2D eigenvalue weighted by Gasteiger charge is -2.48. The molecule has 2 saturated heterocycles. The molecule has 0 bridgehead atoms. The SMILES string of the molecule is CC(C)n1nc(-c2ccc(C(F)(F)F)cc2)nc1[C@H]1CC[C@@H](N2CCC3(CC2)CS(=O)(=O)C3)C1. The van der Waals surface area contributed by atoms with Crippen LogP contribution < -0.4 is 0 Å². The first kappa shape index (κ1) is 23.8. The number of rotatable bonds is 4. The molecule has 1 aliphatic carbocycles. The van der Waals surface area contributed by atoms with Crippen molar-refractivity contribution in [3.05, 3.63) is 35.7 Å². The molecule has 3 fully saturated rings. The second kappa shape index (κ2) is 8.33. The number of nitrogens with zero attached hydrogens (tertiary/aromatic N) is 4. The van der Waals surface area contributed by atoms with Crippen molar-refractivity contribution in [1.29, 1.82) is 0 Å². The molecule has 2 atom stereocenters. The monoisotopic (exact) mass is 496 g/mol. The molecule has 3 aliphatic rings. The zero-order valence-electron chi connectivity index (χ0n) is 19.6. The van der Waals surface area contributed by atoms with Gasteiger partial charge in [0, 0.05) is 29.0 Å². The molecule has 2 aromatic rings. The lowest BCUT2D eigenvalue weighted by molar-refractivity contribution is -0.137. The van der Waals surface area contributed by atoms with Crippen molar-refractivity contribution in [2.24, 2.45) is 5.41 Å². The standard InChI is InChI=1S/C24H31F3N4O2S/c1-16(2)31-22(28-21(29-31)17-3-6-19(7-4-17)24(25,26)27)18-5-8-20(13-18)30-11-9-23(10-12-30)14-34(32,33)15-23/h3-4,6-7,16,18,20H,5,8-15H2,1-2H3/t18-,20+/m0/s1. The summed E-state index contributed by atoms with van der Waals surface area (Å²) < 4.78 is 64.0. The van der Waals surface area contributed by atoms with Gasteiger partial charge in [-0.2, -0.15) is 18.3 Å². The third kappa shape index (κ3) is 4.51. The molecule has 34 heavy (non-hydrogen) atoms. The largest absolute Gasteiger partial charge is 0.416 e. The van der Waals surface area contributed by atoms with Crippen molar-refractivity contribution in [2.75, 3.05) is 24.6 Å². The summed E-state index contributed by atoms with van der Waals surface area (Å²) in [6, 6.07) is 5.58. The number of aromatic nitrogens is 3. The first-order valence-electron chi connectivity index (χ1n) is 12.0. The number of alkyl halides is 3. The Kier molecular flexibility index (Phi) is 5.82. The average molecular weight is 497 g/mol. The van der Waals surface area contributed by atoms with Gasteiger partial charge in [0.1, 0.15) is 5.82 Å². The van der Waals surface area contributed by atoms with Gasteiger partial charge in [0.25, 0.3) is 0 Å². The van der Waals surface area contributed by atoms with Gasteiger partial charge in [-0.1, -0.05) is 12.1 Å². The van der Waals surface area contributed by atoms with E-state index in [1.54, 1.807) is 0 Å². The Morgan fingerprint density at radius 1 is 1.06 bits per heavy atom. The van der Waals surface area contributed by atoms with E-state index >= 15 is 0 Å². The van der Waals surface area contributed by atoms with Crippen molar-refractivity contribution < 1.29 is 21.6 Å². The normalized spacial score (nSPS) is 26.8. The molecule has 5 rings (SSSR count). The molecule has 1 spiro atoms. The number of likely N-dealkylation sites (tertiary alicyclic amines) is 1. The molecule has 10 heteroatoms. The molecule has 1 saturated carbocycles. The van der Waals surface area contributed by atoms with E-state index in [1.807, 2.05) is 18.5 Å². The highest BCUT2D eigenvalue weighted by molar-refractivity contribution is 7.92. The number of halogens is 3. The van der Waals surface area contributed by atoms with Crippen LogP contribution in [0.15, 0.2) is 24.3 Å². The van der Waals surface area contributed by atoms with E-state index in [0.717, 1.165) is 63.2 Å². The minimum absolute atomic E-state index is 0.0156. The van der Waals surface area contributed by atoms with Crippen LogP contribution in [0.25, 0.3) is 11.4 Å². The van der Waals surface area contributed by atoms with Crippen LogP contribution in [0.1, 0.15) is 69.3 Å². The van der Waals surface area contributed by atoms with E-state index in [2.05, 4.69) is 10.00 Å². The summed E-state index contributed by atoms with van der Waals surface area (Å²) in [6.45, 7) is 5.97. The zero-order chi connectivity index (χ0) is 24.3. The number of piperidine rings is 1. The van der Waals surface area contributed by atoms with Crippen LogP contribution in [-0.4, -0.2) is 58.7 Å². The fraction of sp³-hybridized carbons (Fsp3) is 0.667. The van der Waals surface area contributed by atoms with Gasteiger partial charge in [0.15, 0.2) is 15.7 Å². The molecule has 6 nitrogen and oxygen atoms in total. The molecule has 0 N–H and O–H groups in total. The number of hydrogen-bond donors (Lipinski definition) is 0. The first-order valence-corrected chi connectivity index (χ1v) is 13.9. The molecule has 0 unspecified atom stereocenters. The van der Waals surface area contributed by atoms with E-state index < -0.39 is 21.6 Å². The fourth-order valence-electron chi connectivity index (χ4n) is 5.99. The summed E-state index contributed by atoms with van der Waals surface area (Å²) in [4.78, 5) is 7.32. The van der Waals surface area contributed by atoms with Crippen LogP contribution in [0, 0.1) is 5.41 Å². The number of benzene rings is 1. The maximum absolute atomic E-state index is 12.9. The molecule has 0 amide bonds. The van der Waals surface area contributed by atoms with E-state index in [9.17, 15) is 21.6 Å². The summed E-state index contributed by atoms with van der Waals surface area (Å²) in [6.07, 6.45) is 0.577. The van der Waals surface area contributed by atoms with Gasteiger partial charge < -0.3 is 4.90 Å². The molecular weight excluding hydrogens is 465 g/mol. The van der Waals surface area contributed by atoms with Gasteiger partial charge >= 0.3 is 6.18 Å². The minimum Gasteiger partial charge on any atom is -0.300 e. The molecule has 2 aliphatic heterocycles. The maximum Gasteiger partial charge on any atom is 0.416 e. The average Bonchev–Trinajstić information content (AvgIpc) is 3.40. The number of hydrogen-bond acceptors (Lipinski definition) is 5. The Labute approximate surface area is 198 Å². The van der Waals surface area contributed by atoms with Crippen LogP contribution in [0.3, 0.4) is 0 Å². The Bertz CT molecular complexity index is 1140. The summed E-state index contributed by atoms with van der Waals surface area (Å²) in [7, 11) is -2.81. The van der Waals surface area contributed by atoms with Gasteiger partial charge in [-0.25, -0.2) is 18.1 Å². The van der Waals surface area contributed by atoms with Gasteiger partial charge in [0.05, 0.1) is 17.1 Å². The highest BCUT2D eigenvalue weighted by Gasteiger charge is 2.50. The van der Waals surface area contributed by atoms with Gasteiger partial charge in [-0.15, -0.1) is 0 Å². The van der Waals surface area contributed by atoms with E-state index in [1.165, 1.54) is 12.1 Å². The van der Waals surface area contributed by atoms with Crippen LogP contribution in [0.2, 0.25) is 0 Å². The molecule has 1 aromatic carbocycles. The van der Waals surface area contributed by atoms with Gasteiger partial charge in [-0.3, -0.25) is 0 Å². The highest BCUT2D eigenvalue weighted by Crippen LogP contribution is 2.45. The lowest BCUT2D eigenvalue weighted by atomic mass is 9.80. The van der Waals surface area contributed by atoms with E-state index in [4.69, 9.17) is 4.98 Å². The Morgan fingerprint density at radius 3 is 2.26 bits per heavy atom. The predicted octanol–water partition coefficient (Wildman–Crippen LogP) is 4.69. The van der Waals surface area contributed by atoms with Gasteiger partial charge in [0.2, 0.25) is 0 Å². The quantitative estimate of drug-likeness (QED) is 0.614. The Hall–Kier alpha value is -1.94. The van der Waals surface area contributed by atoms with Crippen molar-refractivity contribution in [3.8, 4) is 11.4 Å². The van der Waals surface area contributed by atoms with Crippen LogP contribution in [0.5, 0.6) is 0 Å². The maximum atomic E-state index is 12.9. The Balaban J connectivity index is 1.28. The zero-order valence-corrected chi connectivity index (χ0v) is 20.4. The third-order valence-corrected chi connectivity index (χ3v) is 9.92. The molecular formula is C24H31F3N4O2S. The van der Waals surface area contributed by atoms with Gasteiger partial charge in [-0.05, 0) is 71.2 Å². The summed E-state index contributed by atoms with van der Waals surface area (Å²) >= 11 is 0. The van der Waals surface area contributed by atoms with E-state index in [0.29, 0.717) is 28.9 Å². The molecule has 3 heterocycles. The third-order valence-electron chi connectivity index (χ3n) is 7.81. The van der Waals surface area contributed by atoms with Crippen molar-refractivity contribution in [3.63, 3.8) is 0 Å². The summed E-state index contributed by atoms with van der Waals surface area (Å²) in [5, 5.41) is 4.66. The minimum atomic E-state index is -4.37. The van der Waals surface area contributed by atoms with Crippen molar-refractivity contribution in [1.82, 2.24) is 19.7 Å². The number of sulfone groups is 1. The highest BCUT2D eigenvalue weighted by atomic mass is 32.2. The van der Waals surface area contributed by atoms with Crippen molar-refractivity contribution in [2.45, 2.75) is 70.1 Å². The second-order valence-electron chi connectivity index (χ2n) is 10.6. The van der Waals surface area contributed by atoms with Crippen LogP contribution in [0.4, 0.5) is 13.2 Å². The Morgan fingerprint density at radius 2 is 1.71 bits per heavy atom. The second-order valence-corrected chi connectivity index (χ2v) is 12.7. The van der Waals surface area contributed by atoms with Crippen LogP contribution >= 0.6 is 0 Å².